The molecule has 0 saturated carbocycles. The molecule has 2 rings (SSSR count). The first-order valence-electron chi connectivity index (χ1n) is 11.2. The zero-order valence-corrected chi connectivity index (χ0v) is 19.2. The first kappa shape index (κ1) is 25.1. The van der Waals surface area contributed by atoms with Gasteiger partial charge in [-0.15, -0.1) is 6.58 Å². The molecule has 4 nitrogen and oxygen atoms in total. The number of ether oxygens (including phenoxy) is 3. The summed E-state index contributed by atoms with van der Waals surface area (Å²) in [5, 5.41) is 10.7. The highest BCUT2D eigenvalue weighted by Crippen LogP contribution is 2.24. The third kappa shape index (κ3) is 8.86. The zero-order chi connectivity index (χ0) is 22.5. The van der Waals surface area contributed by atoms with E-state index >= 15 is 0 Å². The van der Waals surface area contributed by atoms with Gasteiger partial charge in [-0.2, -0.15) is 0 Å². The lowest BCUT2D eigenvalue weighted by atomic mass is 9.87. The maximum Gasteiger partial charge on any atom is 0.118 e. The summed E-state index contributed by atoms with van der Waals surface area (Å²) in [6.07, 6.45) is 4.13. The Labute approximate surface area is 187 Å². The zero-order valence-electron chi connectivity index (χ0n) is 19.2. The van der Waals surface area contributed by atoms with Crippen LogP contribution >= 0.6 is 0 Å². The molecule has 31 heavy (non-hydrogen) atoms. The second kappa shape index (κ2) is 14.0. The highest BCUT2D eigenvalue weighted by atomic mass is 16.5. The Morgan fingerprint density at radius 1 is 0.935 bits per heavy atom. The Morgan fingerprint density at radius 2 is 1.61 bits per heavy atom. The van der Waals surface area contributed by atoms with E-state index in [1.54, 1.807) is 13.2 Å². The minimum Gasteiger partial charge on any atom is -0.497 e. The third-order valence-electron chi connectivity index (χ3n) is 5.80. The van der Waals surface area contributed by atoms with Crippen LogP contribution < -0.4 is 4.74 Å². The Kier molecular flexibility index (Phi) is 11.4. The van der Waals surface area contributed by atoms with Gasteiger partial charge in [0, 0.05) is 18.4 Å². The van der Waals surface area contributed by atoms with Crippen molar-refractivity contribution in [3.05, 3.63) is 78.4 Å². The van der Waals surface area contributed by atoms with Gasteiger partial charge in [0.25, 0.3) is 0 Å². The minimum atomic E-state index is -0.479. The Bertz CT molecular complexity index is 729. The summed E-state index contributed by atoms with van der Waals surface area (Å²) < 4.78 is 17.3. The maximum absolute atomic E-state index is 10.7. The van der Waals surface area contributed by atoms with E-state index in [-0.39, 0.29) is 17.9 Å². The molecule has 4 heteroatoms. The molecule has 0 aliphatic rings. The van der Waals surface area contributed by atoms with Crippen molar-refractivity contribution in [1.82, 2.24) is 0 Å². The summed E-state index contributed by atoms with van der Waals surface area (Å²) in [6.45, 7) is 9.76. The lowest BCUT2D eigenvalue weighted by Crippen LogP contribution is -2.35. The predicted molar refractivity (Wildman–Crippen MR) is 126 cm³/mol. The lowest BCUT2D eigenvalue weighted by Gasteiger charge is -2.30. The van der Waals surface area contributed by atoms with Gasteiger partial charge in [0.1, 0.15) is 5.75 Å². The van der Waals surface area contributed by atoms with Gasteiger partial charge in [0.2, 0.25) is 0 Å². The van der Waals surface area contributed by atoms with Gasteiger partial charge >= 0.3 is 0 Å². The highest BCUT2D eigenvalue weighted by molar-refractivity contribution is 5.26. The van der Waals surface area contributed by atoms with E-state index in [1.165, 1.54) is 5.56 Å². The van der Waals surface area contributed by atoms with E-state index in [4.69, 9.17) is 14.2 Å². The summed E-state index contributed by atoms with van der Waals surface area (Å²) >= 11 is 0. The van der Waals surface area contributed by atoms with E-state index in [0.717, 1.165) is 37.2 Å². The summed E-state index contributed by atoms with van der Waals surface area (Å²) in [7, 11) is 1.66. The van der Waals surface area contributed by atoms with Crippen molar-refractivity contribution in [2.45, 2.75) is 58.5 Å². The molecule has 0 radical (unpaired) electrons. The summed E-state index contributed by atoms with van der Waals surface area (Å²) in [6, 6.07) is 18.1. The van der Waals surface area contributed by atoms with Crippen LogP contribution in [0.4, 0.5) is 0 Å². The molecule has 0 fully saturated rings. The predicted octanol–water partition coefficient (Wildman–Crippen LogP) is 5.79. The summed E-state index contributed by atoms with van der Waals surface area (Å²) in [5.41, 5.74) is 2.29. The molecule has 4 atom stereocenters. The molecule has 0 aliphatic carbocycles. The van der Waals surface area contributed by atoms with Gasteiger partial charge in [-0.25, -0.2) is 0 Å². The fraction of sp³-hybridized carbons (Fsp3) is 0.481. The molecule has 0 bridgehead atoms. The third-order valence-corrected chi connectivity index (χ3v) is 5.80. The van der Waals surface area contributed by atoms with Crippen molar-refractivity contribution in [3.63, 3.8) is 0 Å². The molecule has 0 saturated heterocycles. The van der Waals surface area contributed by atoms with Gasteiger partial charge < -0.3 is 19.3 Å². The number of aliphatic hydroxyl groups is 1. The van der Waals surface area contributed by atoms with Crippen LogP contribution in [0.3, 0.4) is 0 Å². The number of unbranched alkanes of at least 4 members (excludes halogenated alkanes) is 1. The minimum absolute atomic E-state index is 0.0106. The van der Waals surface area contributed by atoms with Crippen molar-refractivity contribution in [2.75, 3.05) is 13.7 Å². The van der Waals surface area contributed by atoms with Gasteiger partial charge in [-0.1, -0.05) is 62.4 Å². The van der Waals surface area contributed by atoms with E-state index in [2.05, 4.69) is 25.6 Å². The average molecular weight is 427 g/mol. The van der Waals surface area contributed by atoms with Gasteiger partial charge in [0.05, 0.1) is 32.5 Å². The Hall–Kier alpha value is -2.14. The molecule has 170 valence electrons. The SMILES string of the molecule is C=C[C@H](C)[C@H](O)[C@H](C)[C@@H](CCCCOCc1ccccc1)OCc1ccc(OC)cc1. The van der Waals surface area contributed by atoms with Gasteiger partial charge in [-0.05, 0) is 42.5 Å². The maximum atomic E-state index is 10.7. The number of benzene rings is 2. The van der Waals surface area contributed by atoms with Crippen LogP contribution in [0.15, 0.2) is 67.3 Å². The Balaban J connectivity index is 1.83. The first-order chi connectivity index (χ1) is 15.0. The topological polar surface area (TPSA) is 47.9 Å². The fourth-order valence-electron chi connectivity index (χ4n) is 3.58. The standard InChI is InChI=1S/C27H38O4/c1-5-21(2)27(28)22(3)26(31-20-24-14-16-25(29-4)17-15-24)13-9-10-18-30-19-23-11-7-6-8-12-23/h5-8,11-12,14-17,21-22,26-28H,1,9-10,13,18-20H2,2-4H3/t21-,22+,26+,27-/m0/s1. The first-order valence-corrected chi connectivity index (χ1v) is 11.2. The van der Waals surface area contributed by atoms with E-state index in [9.17, 15) is 5.11 Å². The Morgan fingerprint density at radius 3 is 2.26 bits per heavy atom. The van der Waals surface area contributed by atoms with Crippen LogP contribution in [-0.2, 0) is 22.7 Å². The van der Waals surface area contributed by atoms with Crippen molar-refractivity contribution >= 4 is 0 Å². The number of hydrogen-bond donors (Lipinski definition) is 1. The highest BCUT2D eigenvalue weighted by Gasteiger charge is 2.27. The van der Waals surface area contributed by atoms with Crippen molar-refractivity contribution in [3.8, 4) is 5.75 Å². The molecule has 0 heterocycles. The molecule has 1 N–H and O–H groups in total. The van der Waals surface area contributed by atoms with Crippen molar-refractivity contribution in [2.24, 2.45) is 11.8 Å². The monoisotopic (exact) mass is 426 g/mol. The molecule has 0 unspecified atom stereocenters. The van der Waals surface area contributed by atoms with Crippen LogP contribution in [0.2, 0.25) is 0 Å². The molecule has 2 aromatic rings. The molecule has 2 aromatic carbocycles. The average Bonchev–Trinajstić information content (AvgIpc) is 2.82. The second-order valence-electron chi connectivity index (χ2n) is 8.18. The smallest absolute Gasteiger partial charge is 0.118 e. The van der Waals surface area contributed by atoms with E-state index < -0.39 is 6.10 Å². The molecule has 0 aliphatic heterocycles. The molecule has 0 amide bonds. The quantitative estimate of drug-likeness (QED) is 0.289. The largest absolute Gasteiger partial charge is 0.497 e. The van der Waals surface area contributed by atoms with Crippen molar-refractivity contribution in [1.29, 1.82) is 0 Å². The van der Waals surface area contributed by atoms with Crippen molar-refractivity contribution < 1.29 is 19.3 Å². The number of hydrogen-bond acceptors (Lipinski definition) is 4. The molecular weight excluding hydrogens is 388 g/mol. The normalized spacial score (nSPS) is 15.1. The van der Waals surface area contributed by atoms with Crippen LogP contribution in [0.5, 0.6) is 5.75 Å². The summed E-state index contributed by atoms with van der Waals surface area (Å²) in [4.78, 5) is 0. The number of rotatable bonds is 15. The lowest BCUT2D eigenvalue weighted by molar-refractivity contribution is -0.0527. The van der Waals surface area contributed by atoms with Gasteiger partial charge in [0.15, 0.2) is 0 Å². The van der Waals surface area contributed by atoms with Gasteiger partial charge in [-0.3, -0.25) is 0 Å². The molecule has 0 spiro atoms. The molecular formula is C27H38O4. The van der Waals surface area contributed by atoms with E-state index in [0.29, 0.717) is 13.2 Å². The summed E-state index contributed by atoms with van der Waals surface area (Å²) in [5.74, 6) is 0.868. The van der Waals surface area contributed by atoms with Crippen LogP contribution in [0, 0.1) is 11.8 Å². The van der Waals surface area contributed by atoms with Crippen LogP contribution in [0.25, 0.3) is 0 Å². The fourth-order valence-corrected chi connectivity index (χ4v) is 3.58. The molecule has 0 aromatic heterocycles. The second-order valence-corrected chi connectivity index (χ2v) is 8.18. The number of methoxy groups -OCH3 is 1. The number of aliphatic hydroxyl groups excluding tert-OH is 1. The van der Waals surface area contributed by atoms with Crippen LogP contribution in [-0.4, -0.2) is 31.0 Å². The van der Waals surface area contributed by atoms with Crippen LogP contribution in [0.1, 0.15) is 44.2 Å². The van der Waals surface area contributed by atoms with E-state index in [1.807, 2.05) is 49.4 Å².